The van der Waals surface area contributed by atoms with Gasteiger partial charge < -0.3 is 14.4 Å². The zero-order chi connectivity index (χ0) is 22.8. The van der Waals surface area contributed by atoms with Crippen molar-refractivity contribution < 1.29 is 14.3 Å². The Morgan fingerprint density at radius 3 is 2.36 bits per heavy atom. The lowest BCUT2D eigenvalue weighted by Crippen LogP contribution is -2.25. The van der Waals surface area contributed by atoms with Crippen molar-refractivity contribution >= 4 is 35.0 Å². The Kier molecular flexibility index (Phi) is 7.44. The Labute approximate surface area is 200 Å². The van der Waals surface area contributed by atoms with Crippen molar-refractivity contribution in [3.63, 3.8) is 0 Å². The summed E-state index contributed by atoms with van der Waals surface area (Å²) in [5.41, 5.74) is 4.59. The lowest BCUT2D eigenvalue weighted by Gasteiger charge is -2.22. The van der Waals surface area contributed by atoms with E-state index < -0.39 is 5.97 Å². The fourth-order valence-corrected chi connectivity index (χ4v) is 4.25. The molecule has 2 aromatic rings. The first-order chi connectivity index (χ1) is 15.5. The van der Waals surface area contributed by atoms with Crippen LogP contribution in [0.25, 0.3) is 33.4 Å². The Morgan fingerprint density at radius 1 is 0.970 bits per heavy atom. The van der Waals surface area contributed by atoms with E-state index >= 15 is 0 Å². The lowest BCUT2D eigenvalue weighted by molar-refractivity contribution is 0.0697. The zero-order valence-electron chi connectivity index (χ0n) is 19.5. The van der Waals surface area contributed by atoms with Crippen LogP contribution in [-0.2, 0) is 0 Å². The maximum absolute atomic E-state index is 12.0. The first-order valence-corrected chi connectivity index (χ1v) is 11.1. The van der Waals surface area contributed by atoms with Gasteiger partial charge in [0.1, 0.15) is 24.9 Å². The monoisotopic (exact) mass is 465 g/mol. The summed E-state index contributed by atoms with van der Waals surface area (Å²) in [7, 11) is 2.04. The summed E-state index contributed by atoms with van der Waals surface area (Å²) in [4.78, 5) is 14.3. The van der Waals surface area contributed by atoms with E-state index in [9.17, 15) is 9.90 Å². The molecule has 6 heteroatoms. The highest BCUT2D eigenvalue weighted by atomic mass is 35.5. The fourth-order valence-electron chi connectivity index (χ4n) is 4.25. The van der Waals surface area contributed by atoms with Crippen LogP contribution in [0.2, 0.25) is 0 Å². The van der Waals surface area contributed by atoms with E-state index in [2.05, 4.69) is 48.4 Å². The van der Waals surface area contributed by atoms with Gasteiger partial charge in [-0.1, -0.05) is 18.2 Å². The normalized spacial score (nSPS) is 11.9. The molecule has 0 amide bonds. The summed E-state index contributed by atoms with van der Waals surface area (Å²) in [6, 6.07) is 19.5. The van der Waals surface area contributed by atoms with Gasteiger partial charge in [0.05, 0.1) is 11.6 Å². The molecule has 0 saturated heterocycles. The van der Waals surface area contributed by atoms with E-state index in [1.807, 2.05) is 37.4 Å². The molecule has 0 fully saturated rings. The number of hydrogen-bond acceptors (Lipinski definition) is 3. The second kappa shape index (κ2) is 10.1. The van der Waals surface area contributed by atoms with Gasteiger partial charge in [-0.15, -0.1) is 12.4 Å². The van der Waals surface area contributed by atoms with Gasteiger partial charge in [-0.2, -0.15) is 0 Å². The van der Waals surface area contributed by atoms with Crippen LogP contribution >= 0.6 is 12.4 Å². The van der Waals surface area contributed by atoms with Gasteiger partial charge in [-0.05, 0) is 50.6 Å². The topological polar surface area (TPSA) is 56.7 Å². The number of nitrogens with zero attached hydrogens (tertiary/aromatic N) is 2. The Balaban J connectivity index is 0.00000306. The predicted molar refractivity (Wildman–Crippen MR) is 138 cm³/mol. The molecule has 0 aromatic heterocycles. The van der Waals surface area contributed by atoms with E-state index in [0.717, 1.165) is 58.5 Å². The van der Waals surface area contributed by atoms with Gasteiger partial charge in [0, 0.05) is 47.4 Å². The highest BCUT2D eigenvalue weighted by Crippen LogP contribution is 2.41. The molecule has 4 rings (SSSR count). The molecule has 0 bridgehead atoms. The Morgan fingerprint density at radius 2 is 1.70 bits per heavy atom. The van der Waals surface area contributed by atoms with Gasteiger partial charge in [0.15, 0.2) is 0 Å². The minimum atomic E-state index is -0.940. The third-order valence-electron chi connectivity index (χ3n) is 6.16. The molecule has 2 aromatic carbocycles. The number of hydrogen-bond donors (Lipinski definition) is 1. The van der Waals surface area contributed by atoms with Crippen LogP contribution in [0.5, 0.6) is 0 Å². The SMILES string of the molecule is CCN(CC)c1ccc2c(-c3ccccc3C(=O)O)c3ccc(=[N+](C)CC)cc-3oc2c1.Cl. The summed E-state index contributed by atoms with van der Waals surface area (Å²) in [5, 5.41) is 11.8. The fraction of sp³-hybridized carbons (Fsp3) is 0.259. The van der Waals surface area contributed by atoms with Gasteiger partial charge in [0.2, 0.25) is 5.36 Å². The second-order valence-electron chi connectivity index (χ2n) is 7.88. The highest BCUT2D eigenvalue weighted by Gasteiger charge is 2.22. The van der Waals surface area contributed by atoms with Crippen LogP contribution in [0, 0.1) is 0 Å². The van der Waals surface area contributed by atoms with Crippen molar-refractivity contribution in [3.05, 3.63) is 71.6 Å². The molecule has 1 N–H and O–H groups in total. The number of carboxylic acids is 1. The molecule has 0 atom stereocenters. The summed E-state index contributed by atoms with van der Waals surface area (Å²) in [6.45, 7) is 9.04. The molecule has 2 aliphatic rings. The molecule has 1 heterocycles. The van der Waals surface area contributed by atoms with Gasteiger partial charge >= 0.3 is 5.97 Å². The molecule has 172 valence electrons. The first-order valence-electron chi connectivity index (χ1n) is 11.1. The van der Waals surface area contributed by atoms with E-state index in [4.69, 9.17) is 4.42 Å². The predicted octanol–water partition coefficient (Wildman–Crippen LogP) is 5.59. The molecule has 5 nitrogen and oxygen atoms in total. The smallest absolute Gasteiger partial charge is 0.336 e. The third kappa shape index (κ3) is 4.46. The van der Waals surface area contributed by atoms with Crippen LogP contribution in [0.1, 0.15) is 31.1 Å². The van der Waals surface area contributed by atoms with Crippen molar-refractivity contribution in [3.8, 4) is 22.5 Å². The lowest BCUT2D eigenvalue weighted by atomic mass is 9.90. The largest absolute Gasteiger partial charge is 0.478 e. The maximum Gasteiger partial charge on any atom is 0.336 e. The summed E-state index contributed by atoms with van der Waals surface area (Å²) >= 11 is 0. The molecular formula is C27H30ClN2O3+. The number of carbonyl (C=O) groups is 1. The van der Waals surface area contributed by atoms with Crippen molar-refractivity contribution in [1.29, 1.82) is 0 Å². The molecule has 1 aliphatic carbocycles. The van der Waals surface area contributed by atoms with Crippen molar-refractivity contribution in [2.24, 2.45) is 0 Å². The van der Waals surface area contributed by atoms with Crippen LogP contribution in [0.15, 0.2) is 65.1 Å². The van der Waals surface area contributed by atoms with Crippen LogP contribution in [0.4, 0.5) is 5.69 Å². The van der Waals surface area contributed by atoms with Gasteiger partial charge in [-0.25, -0.2) is 9.37 Å². The third-order valence-corrected chi connectivity index (χ3v) is 6.16. The van der Waals surface area contributed by atoms with Gasteiger partial charge in [-0.3, -0.25) is 0 Å². The zero-order valence-corrected chi connectivity index (χ0v) is 20.3. The molecular weight excluding hydrogens is 436 g/mol. The maximum atomic E-state index is 12.0. The van der Waals surface area contributed by atoms with Crippen molar-refractivity contribution in [2.45, 2.75) is 20.8 Å². The standard InChI is InChI=1S/C27H28N2O3.ClH/c1-5-28(4)18-12-14-22-24(16-18)32-25-17-19(29(6-2)7-3)13-15-23(25)26(22)20-10-8-9-11-21(20)27(30)31;/h8-17H,5-7H2,1-4H3;1H/p+1. The van der Waals surface area contributed by atoms with Crippen LogP contribution < -0.4 is 14.8 Å². The second-order valence-corrected chi connectivity index (χ2v) is 7.88. The number of halogens is 1. The average Bonchev–Trinajstić information content (AvgIpc) is 2.82. The highest BCUT2D eigenvalue weighted by molar-refractivity contribution is 6.07. The number of aromatic carboxylic acids is 1. The Hall–Kier alpha value is -3.31. The quantitative estimate of drug-likeness (QED) is 0.298. The first kappa shape index (κ1) is 24.3. The minimum Gasteiger partial charge on any atom is -0.478 e. The summed E-state index contributed by atoms with van der Waals surface area (Å²) in [5.74, 6) is -0.202. The molecule has 0 spiro atoms. The van der Waals surface area contributed by atoms with Crippen molar-refractivity contribution in [1.82, 2.24) is 4.58 Å². The average molecular weight is 466 g/mol. The van der Waals surface area contributed by atoms with E-state index in [1.165, 1.54) is 0 Å². The number of rotatable bonds is 6. The Bertz CT molecular complexity index is 1340. The molecule has 0 radical (unpaired) electrons. The van der Waals surface area contributed by atoms with Crippen LogP contribution in [-0.4, -0.2) is 37.8 Å². The van der Waals surface area contributed by atoms with Crippen LogP contribution in [0.3, 0.4) is 0 Å². The van der Waals surface area contributed by atoms with Gasteiger partial charge in [0.25, 0.3) is 0 Å². The van der Waals surface area contributed by atoms with E-state index in [1.54, 1.807) is 12.1 Å². The number of carboxylic acid groups (broad SMARTS) is 1. The molecule has 1 aliphatic heterocycles. The molecule has 33 heavy (non-hydrogen) atoms. The number of benzene rings is 3. The number of fused-ring (bicyclic) bond motifs is 2. The molecule has 0 saturated carbocycles. The molecule has 0 unspecified atom stereocenters. The summed E-state index contributed by atoms with van der Waals surface area (Å²) < 4.78 is 8.57. The number of anilines is 1. The summed E-state index contributed by atoms with van der Waals surface area (Å²) in [6.07, 6.45) is 0. The van der Waals surface area contributed by atoms with E-state index in [0.29, 0.717) is 5.56 Å². The van der Waals surface area contributed by atoms with Crippen molar-refractivity contribution in [2.75, 3.05) is 31.6 Å². The minimum absolute atomic E-state index is 0. The van der Waals surface area contributed by atoms with E-state index in [-0.39, 0.29) is 18.0 Å².